The maximum Gasteiger partial charge on any atom is 0.248 e. The number of sulfonamides is 1. The predicted molar refractivity (Wildman–Crippen MR) is 118 cm³/mol. The summed E-state index contributed by atoms with van der Waals surface area (Å²) in [4.78, 5) is 18.9. The van der Waals surface area contributed by atoms with Gasteiger partial charge in [0.05, 0.1) is 16.7 Å². The van der Waals surface area contributed by atoms with Crippen molar-refractivity contribution < 1.29 is 23.1 Å². The molecule has 2 aliphatic rings. The molecule has 1 atom stereocenters. The highest BCUT2D eigenvalue weighted by Gasteiger charge is 2.37. The number of likely N-dealkylation sites (tertiary alicyclic amines) is 1. The molecule has 1 aromatic carbocycles. The Labute approximate surface area is 188 Å². The van der Waals surface area contributed by atoms with Crippen LogP contribution < -0.4 is 0 Å². The van der Waals surface area contributed by atoms with Crippen LogP contribution in [0.2, 0.25) is 0 Å². The van der Waals surface area contributed by atoms with E-state index in [-0.39, 0.29) is 30.1 Å². The number of aromatic nitrogens is 1. The molecule has 0 aliphatic carbocycles. The molecule has 1 amide bonds. The van der Waals surface area contributed by atoms with Gasteiger partial charge >= 0.3 is 0 Å². The van der Waals surface area contributed by atoms with Gasteiger partial charge in [0.15, 0.2) is 0 Å². The first-order chi connectivity index (χ1) is 15.4. The average molecular weight is 460 g/mol. The predicted octanol–water partition coefficient (Wildman–Crippen LogP) is 1.76. The summed E-state index contributed by atoms with van der Waals surface area (Å²) in [6.07, 6.45) is 3.58. The van der Waals surface area contributed by atoms with Gasteiger partial charge in [0.2, 0.25) is 15.9 Å². The fourth-order valence-electron chi connectivity index (χ4n) is 4.30. The maximum atomic E-state index is 12.9. The molecule has 9 heteroatoms. The molecule has 2 aromatic rings. The van der Waals surface area contributed by atoms with Crippen LogP contribution in [0, 0.1) is 0 Å². The molecule has 32 heavy (non-hydrogen) atoms. The van der Waals surface area contributed by atoms with Crippen LogP contribution in [0.25, 0.3) is 0 Å². The number of carbonyl (C=O) groups is 1. The highest BCUT2D eigenvalue weighted by Crippen LogP contribution is 2.31. The highest BCUT2D eigenvalue weighted by atomic mass is 32.2. The van der Waals surface area contributed by atoms with Gasteiger partial charge in [0, 0.05) is 32.4 Å². The van der Waals surface area contributed by atoms with Gasteiger partial charge in [0.1, 0.15) is 12.2 Å². The summed E-state index contributed by atoms with van der Waals surface area (Å²) >= 11 is 0. The molecule has 0 bridgehead atoms. The molecule has 172 valence electrons. The van der Waals surface area contributed by atoms with E-state index in [0.717, 1.165) is 0 Å². The number of hydrogen-bond donors (Lipinski definition) is 1. The lowest BCUT2D eigenvalue weighted by Gasteiger charge is -2.38. The van der Waals surface area contributed by atoms with E-state index in [1.165, 1.54) is 4.31 Å². The maximum absolute atomic E-state index is 12.9. The van der Waals surface area contributed by atoms with Crippen LogP contribution in [0.1, 0.15) is 31.4 Å². The minimum Gasteiger partial charge on any atom is -0.383 e. The second-order valence-corrected chi connectivity index (χ2v) is 10.3. The standard InChI is InChI=1S/C23H29N3O5S/c27-22(25-15-11-23(28,12-16-25)21-10-4-5-13-24-21)18-31-19-7-6-14-26(17-19)32(29,30)20-8-2-1-3-9-20/h1-5,8-10,13,19,28H,6-7,11-12,14-18H2. The second-order valence-electron chi connectivity index (χ2n) is 8.38. The number of carbonyl (C=O) groups excluding carboxylic acids is 1. The number of ether oxygens (including phenoxy) is 1. The largest absolute Gasteiger partial charge is 0.383 e. The summed E-state index contributed by atoms with van der Waals surface area (Å²) < 4.78 is 33.0. The van der Waals surface area contributed by atoms with Crippen LogP contribution in [-0.2, 0) is 25.2 Å². The Kier molecular flexibility index (Phi) is 6.90. The Morgan fingerprint density at radius 3 is 2.50 bits per heavy atom. The van der Waals surface area contributed by atoms with Crippen molar-refractivity contribution in [2.75, 3.05) is 32.8 Å². The van der Waals surface area contributed by atoms with Gasteiger partial charge in [-0.05, 0) is 49.9 Å². The normalized spacial score (nSPS) is 21.9. The minimum absolute atomic E-state index is 0.0914. The van der Waals surface area contributed by atoms with Crippen molar-refractivity contribution in [2.24, 2.45) is 0 Å². The molecule has 2 saturated heterocycles. The Hall–Kier alpha value is -2.33. The van der Waals surface area contributed by atoms with Crippen LogP contribution in [0.4, 0.5) is 0 Å². The van der Waals surface area contributed by atoms with Crippen molar-refractivity contribution in [3.05, 3.63) is 60.4 Å². The Morgan fingerprint density at radius 1 is 1.09 bits per heavy atom. The van der Waals surface area contributed by atoms with E-state index in [4.69, 9.17) is 4.74 Å². The van der Waals surface area contributed by atoms with E-state index in [9.17, 15) is 18.3 Å². The van der Waals surface area contributed by atoms with Gasteiger partial charge in [-0.3, -0.25) is 9.78 Å². The lowest BCUT2D eigenvalue weighted by Crippen LogP contribution is -2.48. The third-order valence-corrected chi connectivity index (χ3v) is 8.13. The first-order valence-electron chi connectivity index (χ1n) is 11.0. The monoisotopic (exact) mass is 459 g/mol. The van der Waals surface area contributed by atoms with Gasteiger partial charge in [-0.15, -0.1) is 0 Å². The molecule has 1 aromatic heterocycles. The zero-order chi connectivity index (χ0) is 22.6. The Balaban J connectivity index is 1.28. The van der Waals surface area contributed by atoms with Gasteiger partial charge < -0.3 is 14.7 Å². The summed E-state index contributed by atoms with van der Waals surface area (Å²) in [5.74, 6) is -0.142. The van der Waals surface area contributed by atoms with Gasteiger partial charge in [-0.2, -0.15) is 4.31 Å². The molecule has 0 spiro atoms. The van der Waals surface area contributed by atoms with Crippen molar-refractivity contribution in [3.8, 4) is 0 Å². The smallest absolute Gasteiger partial charge is 0.248 e. The van der Waals surface area contributed by atoms with Gasteiger partial charge in [-0.25, -0.2) is 8.42 Å². The lowest BCUT2D eigenvalue weighted by atomic mass is 9.88. The fourth-order valence-corrected chi connectivity index (χ4v) is 5.83. The van der Waals surface area contributed by atoms with Gasteiger partial charge in [0.25, 0.3) is 0 Å². The van der Waals surface area contributed by atoms with Gasteiger partial charge in [-0.1, -0.05) is 24.3 Å². The third-order valence-electron chi connectivity index (χ3n) is 6.25. The van der Waals surface area contributed by atoms with Crippen molar-refractivity contribution in [1.29, 1.82) is 0 Å². The Bertz CT molecular complexity index is 1010. The number of piperidine rings is 2. The summed E-state index contributed by atoms with van der Waals surface area (Å²) in [5, 5.41) is 10.9. The second kappa shape index (κ2) is 9.66. The van der Waals surface area contributed by atoms with Crippen LogP contribution in [-0.4, -0.2) is 72.5 Å². The lowest BCUT2D eigenvalue weighted by molar-refractivity contribution is -0.143. The summed E-state index contributed by atoms with van der Waals surface area (Å²) in [6, 6.07) is 13.8. The molecule has 4 rings (SSSR count). The van der Waals surface area contributed by atoms with E-state index in [1.807, 2.05) is 6.07 Å². The molecular formula is C23H29N3O5S. The molecule has 3 heterocycles. The van der Waals surface area contributed by atoms with E-state index in [0.29, 0.717) is 51.0 Å². The van der Waals surface area contributed by atoms with Crippen molar-refractivity contribution >= 4 is 15.9 Å². The molecule has 1 unspecified atom stereocenters. The number of nitrogens with zero attached hydrogens (tertiary/aromatic N) is 3. The number of benzene rings is 1. The molecule has 0 saturated carbocycles. The zero-order valence-corrected chi connectivity index (χ0v) is 18.8. The zero-order valence-electron chi connectivity index (χ0n) is 18.0. The SMILES string of the molecule is O=C(COC1CCCN(S(=O)(=O)c2ccccc2)C1)N1CCC(O)(c2ccccn2)CC1. The molecule has 0 radical (unpaired) electrons. The summed E-state index contributed by atoms with van der Waals surface area (Å²) in [5.41, 5.74) is -0.389. The number of aliphatic hydroxyl groups is 1. The average Bonchev–Trinajstić information content (AvgIpc) is 2.84. The number of hydrogen-bond acceptors (Lipinski definition) is 6. The quantitative estimate of drug-likeness (QED) is 0.707. The first-order valence-corrected chi connectivity index (χ1v) is 12.4. The molecular weight excluding hydrogens is 430 g/mol. The highest BCUT2D eigenvalue weighted by molar-refractivity contribution is 7.89. The minimum atomic E-state index is -3.57. The van der Waals surface area contributed by atoms with Crippen LogP contribution >= 0.6 is 0 Å². The summed E-state index contributed by atoms with van der Waals surface area (Å²) in [6.45, 7) is 1.45. The van der Waals surface area contributed by atoms with E-state index in [1.54, 1.807) is 53.6 Å². The first kappa shape index (κ1) is 22.8. The fraction of sp³-hybridized carbons (Fsp3) is 0.478. The molecule has 2 aliphatic heterocycles. The van der Waals surface area contributed by atoms with Crippen molar-refractivity contribution in [1.82, 2.24) is 14.2 Å². The topological polar surface area (TPSA) is 100 Å². The summed E-state index contributed by atoms with van der Waals surface area (Å²) in [7, 11) is -3.57. The number of pyridine rings is 1. The van der Waals surface area contributed by atoms with Crippen LogP contribution in [0.15, 0.2) is 59.6 Å². The number of rotatable bonds is 6. The molecule has 2 fully saturated rings. The van der Waals surface area contributed by atoms with E-state index < -0.39 is 15.6 Å². The van der Waals surface area contributed by atoms with Crippen molar-refractivity contribution in [3.63, 3.8) is 0 Å². The third kappa shape index (κ3) is 5.01. The van der Waals surface area contributed by atoms with Crippen LogP contribution in [0.5, 0.6) is 0 Å². The molecule has 1 N–H and O–H groups in total. The van der Waals surface area contributed by atoms with Crippen LogP contribution in [0.3, 0.4) is 0 Å². The Morgan fingerprint density at radius 2 is 1.81 bits per heavy atom. The van der Waals surface area contributed by atoms with Crippen molar-refractivity contribution in [2.45, 2.75) is 42.3 Å². The van der Waals surface area contributed by atoms with E-state index >= 15 is 0 Å². The molecule has 8 nitrogen and oxygen atoms in total. The number of amides is 1. The van der Waals surface area contributed by atoms with E-state index in [2.05, 4.69) is 4.98 Å².